The lowest BCUT2D eigenvalue weighted by atomic mass is 10.2. The number of pyridine rings is 1. The minimum atomic E-state index is 0.0591. The lowest BCUT2D eigenvalue weighted by Gasteiger charge is -2.19. The highest BCUT2D eigenvalue weighted by Crippen LogP contribution is 2.37. The van der Waals surface area contributed by atoms with Gasteiger partial charge in [0.05, 0.1) is 24.0 Å². The zero-order valence-corrected chi connectivity index (χ0v) is 15.5. The quantitative estimate of drug-likeness (QED) is 0.660. The molecule has 2 aromatic heterocycles. The first-order valence-corrected chi connectivity index (χ1v) is 9.10. The topological polar surface area (TPSA) is 55.3 Å². The molecule has 3 aromatic rings. The highest BCUT2D eigenvalue weighted by atomic mass is 32.1. The molecule has 130 valence electrons. The Labute approximate surface area is 151 Å². The van der Waals surface area contributed by atoms with Crippen LogP contribution in [0.1, 0.15) is 31.0 Å². The second kappa shape index (κ2) is 7.61. The maximum absolute atomic E-state index is 12.7. The Morgan fingerprint density at radius 2 is 2.12 bits per heavy atom. The van der Waals surface area contributed by atoms with E-state index in [4.69, 9.17) is 9.72 Å². The van der Waals surface area contributed by atoms with Gasteiger partial charge < -0.3 is 4.74 Å². The lowest BCUT2D eigenvalue weighted by Crippen LogP contribution is -2.30. The summed E-state index contributed by atoms with van der Waals surface area (Å²) in [5, 5.41) is 0.687. The van der Waals surface area contributed by atoms with Gasteiger partial charge in [0.15, 0.2) is 5.13 Å². The highest BCUT2D eigenvalue weighted by Gasteiger charge is 2.21. The van der Waals surface area contributed by atoms with Crippen LogP contribution in [-0.4, -0.2) is 23.0 Å². The van der Waals surface area contributed by atoms with E-state index in [0.717, 1.165) is 33.6 Å². The standard InChI is InChI=1S/C19H21N3O2S/c1-4-7-16(23)22(12-14-8-5-6-11-20-14)19-21-17-15(24-3)10-9-13(2)18(17)25-19/h5-6,8-11H,4,7,12H2,1-3H3. The van der Waals surface area contributed by atoms with Crippen molar-refractivity contribution in [3.63, 3.8) is 0 Å². The van der Waals surface area contributed by atoms with Crippen LogP contribution in [0.15, 0.2) is 36.5 Å². The van der Waals surface area contributed by atoms with E-state index >= 15 is 0 Å². The van der Waals surface area contributed by atoms with Crippen LogP contribution in [0.4, 0.5) is 5.13 Å². The molecule has 0 unspecified atom stereocenters. The molecule has 0 saturated heterocycles. The third kappa shape index (κ3) is 3.64. The van der Waals surface area contributed by atoms with Gasteiger partial charge in [-0.25, -0.2) is 4.98 Å². The Morgan fingerprint density at radius 3 is 2.80 bits per heavy atom. The van der Waals surface area contributed by atoms with Crippen LogP contribution in [0.25, 0.3) is 10.2 Å². The van der Waals surface area contributed by atoms with E-state index in [-0.39, 0.29) is 5.91 Å². The van der Waals surface area contributed by atoms with Gasteiger partial charge in [-0.1, -0.05) is 30.4 Å². The molecule has 3 rings (SSSR count). The average Bonchev–Trinajstić information content (AvgIpc) is 3.07. The van der Waals surface area contributed by atoms with Gasteiger partial charge in [0.1, 0.15) is 11.3 Å². The molecule has 25 heavy (non-hydrogen) atoms. The molecule has 2 heterocycles. The number of methoxy groups -OCH3 is 1. The molecule has 0 radical (unpaired) electrons. The fourth-order valence-corrected chi connectivity index (χ4v) is 3.71. The summed E-state index contributed by atoms with van der Waals surface area (Å²) >= 11 is 1.52. The summed E-state index contributed by atoms with van der Waals surface area (Å²) in [7, 11) is 1.64. The fourth-order valence-electron chi connectivity index (χ4n) is 2.64. The van der Waals surface area contributed by atoms with Crippen LogP contribution < -0.4 is 9.64 Å². The van der Waals surface area contributed by atoms with Crippen molar-refractivity contribution in [1.82, 2.24) is 9.97 Å². The first-order chi connectivity index (χ1) is 12.1. The molecular weight excluding hydrogens is 334 g/mol. The predicted octanol–water partition coefficient (Wildman–Crippen LogP) is 4.34. The van der Waals surface area contributed by atoms with E-state index in [1.165, 1.54) is 11.3 Å². The third-order valence-electron chi connectivity index (χ3n) is 3.95. The second-order valence-corrected chi connectivity index (χ2v) is 6.79. The number of amides is 1. The normalized spacial score (nSPS) is 10.8. The number of hydrogen-bond acceptors (Lipinski definition) is 5. The molecule has 0 aliphatic heterocycles. The first kappa shape index (κ1) is 17.4. The summed E-state index contributed by atoms with van der Waals surface area (Å²) < 4.78 is 6.48. The number of hydrogen-bond donors (Lipinski definition) is 0. The van der Waals surface area contributed by atoms with Crippen molar-refractivity contribution in [3.8, 4) is 5.75 Å². The van der Waals surface area contributed by atoms with Gasteiger partial charge in [0.2, 0.25) is 5.91 Å². The van der Waals surface area contributed by atoms with Crippen molar-refractivity contribution < 1.29 is 9.53 Å². The van der Waals surface area contributed by atoms with Crippen molar-refractivity contribution in [2.24, 2.45) is 0 Å². The summed E-state index contributed by atoms with van der Waals surface area (Å²) in [5.41, 5.74) is 2.77. The van der Waals surface area contributed by atoms with E-state index in [9.17, 15) is 4.79 Å². The summed E-state index contributed by atoms with van der Waals surface area (Å²) in [5.74, 6) is 0.785. The Balaban J connectivity index is 2.04. The van der Waals surface area contributed by atoms with E-state index in [0.29, 0.717) is 18.1 Å². The smallest absolute Gasteiger partial charge is 0.229 e. The molecule has 0 aliphatic rings. The molecule has 1 aromatic carbocycles. The molecule has 0 N–H and O–H groups in total. The Hall–Kier alpha value is -2.47. The van der Waals surface area contributed by atoms with Gasteiger partial charge in [-0.05, 0) is 37.1 Å². The van der Waals surface area contributed by atoms with Gasteiger partial charge in [-0.3, -0.25) is 14.7 Å². The van der Waals surface area contributed by atoms with Crippen LogP contribution in [-0.2, 0) is 11.3 Å². The van der Waals surface area contributed by atoms with Crippen molar-refractivity contribution in [1.29, 1.82) is 0 Å². The van der Waals surface area contributed by atoms with Crippen LogP contribution in [0.3, 0.4) is 0 Å². The van der Waals surface area contributed by atoms with Crippen molar-refractivity contribution >= 4 is 32.6 Å². The molecule has 0 aliphatic carbocycles. The van der Waals surface area contributed by atoms with Gasteiger partial charge in [-0.15, -0.1) is 0 Å². The number of aromatic nitrogens is 2. The molecule has 0 fully saturated rings. The molecule has 1 amide bonds. The average molecular weight is 355 g/mol. The molecule has 0 spiro atoms. The lowest BCUT2D eigenvalue weighted by molar-refractivity contribution is -0.118. The third-order valence-corrected chi connectivity index (χ3v) is 5.17. The highest BCUT2D eigenvalue weighted by molar-refractivity contribution is 7.22. The number of nitrogens with zero attached hydrogens (tertiary/aromatic N) is 3. The van der Waals surface area contributed by atoms with Crippen LogP contribution in [0.2, 0.25) is 0 Å². The second-order valence-electron chi connectivity index (χ2n) is 5.81. The summed E-state index contributed by atoms with van der Waals surface area (Å²) in [4.78, 5) is 23.5. The number of thiazole rings is 1. The number of fused-ring (bicyclic) bond motifs is 1. The number of carbonyl (C=O) groups excluding carboxylic acids is 1. The van der Waals surface area contributed by atoms with Gasteiger partial charge in [0.25, 0.3) is 0 Å². The Morgan fingerprint density at radius 1 is 1.28 bits per heavy atom. The van der Waals surface area contributed by atoms with Gasteiger partial charge in [0, 0.05) is 12.6 Å². The number of ether oxygens (including phenoxy) is 1. The van der Waals surface area contributed by atoms with Crippen molar-refractivity contribution in [2.45, 2.75) is 33.2 Å². The molecule has 6 heteroatoms. The van der Waals surface area contributed by atoms with E-state index in [1.807, 2.05) is 44.2 Å². The maximum Gasteiger partial charge on any atom is 0.229 e. The SMILES string of the molecule is CCCC(=O)N(Cc1ccccn1)c1nc2c(OC)ccc(C)c2s1. The van der Waals surface area contributed by atoms with Crippen molar-refractivity contribution in [2.75, 3.05) is 12.0 Å². The van der Waals surface area contributed by atoms with Crippen molar-refractivity contribution in [3.05, 3.63) is 47.8 Å². The number of carbonyl (C=O) groups is 1. The minimum Gasteiger partial charge on any atom is -0.494 e. The molecule has 0 bridgehead atoms. The number of aryl methyl sites for hydroxylation is 1. The number of rotatable bonds is 6. The number of anilines is 1. The van der Waals surface area contributed by atoms with Gasteiger partial charge >= 0.3 is 0 Å². The number of benzene rings is 1. The van der Waals surface area contributed by atoms with Gasteiger partial charge in [-0.2, -0.15) is 0 Å². The molecule has 0 atom stereocenters. The Kier molecular flexibility index (Phi) is 5.28. The van der Waals surface area contributed by atoms with E-state index < -0.39 is 0 Å². The Bertz CT molecular complexity index is 877. The molecule has 5 nitrogen and oxygen atoms in total. The first-order valence-electron chi connectivity index (χ1n) is 8.28. The zero-order chi connectivity index (χ0) is 17.8. The van der Waals surface area contributed by atoms with Crippen LogP contribution >= 0.6 is 11.3 Å². The van der Waals surface area contributed by atoms with E-state index in [2.05, 4.69) is 4.98 Å². The summed E-state index contributed by atoms with van der Waals surface area (Å²) in [6, 6.07) is 9.65. The van der Waals surface area contributed by atoms with E-state index in [1.54, 1.807) is 18.2 Å². The summed E-state index contributed by atoms with van der Waals surface area (Å²) in [6.07, 6.45) is 3.02. The zero-order valence-electron chi connectivity index (χ0n) is 14.7. The predicted molar refractivity (Wildman–Crippen MR) is 101 cm³/mol. The fraction of sp³-hybridized carbons (Fsp3) is 0.316. The maximum atomic E-state index is 12.7. The monoisotopic (exact) mass is 355 g/mol. The largest absolute Gasteiger partial charge is 0.494 e. The molecule has 0 saturated carbocycles. The molecular formula is C19H21N3O2S. The van der Waals surface area contributed by atoms with Crippen LogP contribution in [0.5, 0.6) is 5.75 Å². The van der Waals surface area contributed by atoms with Crippen LogP contribution in [0, 0.1) is 6.92 Å². The summed E-state index contributed by atoms with van der Waals surface area (Å²) in [6.45, 7) is 4.46. The minimum absolute atomic E-state index is 0.0591.